The molecule has 0 aliphatic rings. The van der Waals surface area contributed by atoms with Gasteiger partial charge < -0.3 is 5.32 Å². The molecule has 0 atom stereocenters. The van der Waals surface area contributed by atoms with Gasteiger partial charge >= 0.3 is 0 Å². The van der Waals surface area contributed by atoms with Gasteiger partial charge in [0.25, 0.3) is 5.91 Å². The molecular formula is C17H17Cl2FN2O3S. The smallest absolute Gasteiger partial charge is 0.255 e. The van der Waals surface area contributed by atoms with Crippen LogP contribution in [0.4, 0.5) is 10.1 Å². The Hall–Kier alpha value is -1.67. The lowest BCUT2D eigenvalue weighted by Gasteiger charge is -2.19. The Balaban J connectivity index is 2.36. The molecule has 0 saturated heterocycles. The fourth-order valence-electron chi connectivity index (χ4n) is 2.32. The second-order valence-electron chi connectivity index (χ2n) is 5.32. The quantitative estimate of drug-likeness (QED) is 0.754. The van der Waals surface area contributed by atoms with Crippen molar-refractivity contribution < 1.29 is 17.6 Å². The SMILES string of the molecule is CCN(CC)S(=O)(=O)c1cc(C(=O)Nc2ccc(Cl)c(F)c2)ccc1Cl. The third-order valence-electron chi connectivity index (χ3n) is 3.69. The maximum Gasteiger partial charge on any atom is 0.255 e. The van der Waals surface area contributed by atoms with E-state index in [1.165, 1.54) is 34.6 Å². The molecule has 0 heterocycles. The van der Waals surface area contributed by atoms with E-state index in [1.807, 2.05) is 0 Å². The van der Waals surface area contributed by atoms with Crippen molar-refractivity contribution in [2.45, 2.75) is 18.7 Å². The molecule has 0 aromatic heterocycles. The largest absolute Gasteiger partial charge is 0.322 e. The number of nitrogens with zero attached hydrogens (tertiary/aromatic N) is 1. The number of carbonyl (C=O) groups is 1. The molecule has 0 radical (unpaired) electrons. The third-order valence-corrected chi connectivity index (χ3v) is 6.53. The van der Waals surface area contributed by atoms with Crippen LogP contribution in [0.3, 0.4) is 0 Å². The first kappa shape index (κ1) is 20.6. The maximum absolute atomic E-state index is 13.5. The summed E-state index contributed by atoms with van der Waals surface area (Å²) in [6.45, 7) is 3.96. The van der Waals surface area contributed by atoms with E-state index >= 15 is 0 Å². The number of nitrogens with one attached hydrogen (secondary N) is 1. The Morgan fingerprint density at radius 1 is 1.08 bits per heavy atom. The minimum absolute atomic E-state index is 0.0194. The monoisotopic (exact) mass is 418 g/mol. The summed E-state index contributed by atoms with van der Waals surface area (Å²) < 4.78 is 40.1. The standard InChI is InChI=1S/C17H17Cl2FN2O3S/c1-3-22(4-2)26(24,25)16-9-11(5-7-14(16)19)17(23)21-12-6-8-13(18)15(20)10-12/h5-10H,3-4H2,1-2H3,(H,21,23). The van der Waals surface area contributed by atoms with Gasteiger partial charge in [-0.25, -0.2) is 12.8 Å². The van der Waals surface area contributed by atoms with Crippen LogP contribution < -0.4 is 5.32 Å². The number of anilines is 1. The van der Waals surface area contributed by atoms with Crippen LogP contribution in [0.15, 0.2) is 41.3 Å². The summed E-state index contributed by atoms with van der Waals surface area (Å²) >= 11 is 11.6. The molecule has 5 nitrogen and oxygen atoms in total. The first-order valence-electron chi connectivity index (χ1n) is 7.76. The zero-order chi connectivity index (χ0) is 19.5. The molecule has 0 bridgehead atoms. The van der Waals surface area contributed by atoms with Gasteiger partial charge in [-0.05, 0) is 36.4 Å². The molecule has 0 aliphatic heterocycles. The van der Waals surface area contributed by atoms with Crippen LogP contribution >= 0.6 is 23.2 Å². The van der Waals surface area contributed by atoms with E-state index in [0.717, 1.165) is 6.07 Å². The molecule has 26 heavy (non-hydrogen) atoms. The van der Waals surface area contributed by atoms with Gasteiger partial charge in [-0.15, -0.1) is 0 Å². The van der Waals surface area contributed by atoms with E-state index < -0.39 is 21.7 Å². The summed E-state index contributed by atoms with van der Waals surface area (Å²) in [5.74, 6) is -1.27. The average Bonchev–Trinajstić information content (AvgIpc) is 2.59. The third kappa shape index (κ3) is 4.35. The number of hydrogen-bond acceptors (Lipinski definition) is 3. The van der Waals surface area contributed by atoms with E-state index in [0.29, 0.717) is 0 Å². The molecule has 1 amide bonds. The Labute approximate surface area is 161 Å². The molecule has 2 rings (SSSR count). The van der Waals surface area contributed by atoms with Gasteiger partial charge in [-0.2, -0.15) is 4.31 Å². The second kappa shape index (κ2) is 8.35. The van der Waals surface area contributed by atoms with Crippen LogP contribution in [-0.4, -0.2) is 31.7 Å². The summed E-state index contributed by atoms with van der Waals surface area (Å²) in [6.07, 6.45) is 0. The van der Waals surface area contributed by atoms with Crippen molar-refractivity contribution in [3.8, 4) is 0 Å². The number of carbonyl (C=O) groups excluding carboxylic acids is 1. The highest BCUT2D eigenvalue weighted by molar-refractivity contribution is 7.89. The highest BCUT2D eigenvalue weighted by Gasteiger charge is 2.25. The molecule has 2 aromatic rings. The molecule has 0 aliphatic carbocycles. The van der Waals surface area contributed by atoms with Gasteiger partial charge in [0, 0.05) is 24.3 Å². The topological polar surface area (TPSA) is 66.5 Å². The van der Waals surface area contributed by atoms with Gasteiger partial charge in [0.05, 0.1) is 10.0 Å². The van der Waals surface area contributed by atoms with E-state index in [4.69, 9.17) is 23.2 Å². The fraction of sp³-hybridized carbons (Fsp3) is 0.235. The number of rotatable bonds is 6. The van der Waals surface area contributed by atoms with Crippen molar-refractivity contribution >= 4 is 44.8 Å². The number of hydrogen-bond donors (Lipinski definition) is 1. The van der Waals surface area contributed by atoms with Crippen LogP contribution in [-0.2, 0) is 10.0 Å². The van der Waals surface area contributed by atoms with E-state index in [1.54, 1.807) is 13.8 Å². The van der Waals surface area contributed by atoms with Gasteiger partial charge in [0.1, 0.15) is 10.7 Å². The maximum atomic E-state index is 13.5. The Morgan fingerprint density at radius 2 is 1.69 bits per heavy atom. The van der Waals surface area contributed by atoms with E-state index in [-0.39, 0.29) is 39.3 Å². The molecule has 0 unspecified atom stereocenters. The average molecular weight is 419 g/mol. The normalized spacial score (nSPS) is 11.6. The first-order chi connectivity index (χ1) is 12.2. The predicted molar refractivity (Wildman–Crippen MR) is 101 cm³/mol. The van der Waals surface area contributed by atoms with Gasteiger partial charge in [0.2, 0.25) is 10.0 Å². The summed E-state index contributed by atoms with van der Waals surface area (Å²) in [5, 5.41) is 2.44. The Morgan fingerprint density at radius 3 is 2.27 bits per heavy atom. The molecule has 2 aromatic carbocycles. The second-order valence-corrected chi connectivity index (χ2v) is 8.04. The van der Waals surface area contributed by atoms with Crippen LogP contribution in [0.1, 0.15) is 24.2 Å². The molecule has 140 valence electrons. The summed E-state index contributed by atoms with van der Waals surface area (Å²) in [7, 11) is -3.83. The first-order valence-corrected chi connectivity index (χ1v) is 9.96. The van der Waals surface area contributed by atoms with Crippen LogP contribution in [0.25, 0.3) is 0 Å². The van der Waals surface area contributed by atoms with E-state index in [2.05, 4.69) is 5.32 Å². The predicted octanol–water partition coefficient (Wildman–Crippen LogP) is 4.42. The number of sulfonamides is 1. The molecule has 1 N–H and O–H groups in total. The molecule has 0 saturated carbocycles. The van der Waals surface area contributed by atoms with Crippen molar-refractivity contribution in [3.63, 3.8) is 0 Å². The lowest BCUT2D eigenvalue weighted by Crippen LogP contribution is -2.31. The number of halogens is 3. The summed E-state index contributed by atoms with van der Waals surface area (Å²) in [5.41, 5.74) is 0.274. The lowest BCUT2D eigenvalue weighted by atomic mass is 10.2. The molecular weight excluding hydrogens is 402 g/mol. The minimum Gasteiger partial charge on any atom is -0.322 e. The minimum atomic E-state index is -3.83. The van der Waals surface area contributed by atoms with Crippen molar-refractivity contribution in [1.82, 2.24) is 4.31 Å². The molecule has 0 fully saturated rings. The fourth-order valence-corrected chi connectivity index (χ4v) is 4.40. The summed E-state index contributed by atoms with van der Waals surface area (Å²) in [6, 6.07) is 7.76. The zero-order valence-corrected chi connectivity index (χ0v) is 16.4. The highest BCUT2D eigenvalue weighted by Crippen LogP contribution is 2.26. The number of benzene rings is 2. The van der Waals surface area contributed by atoms with Crippen LogP contribution in [0.2, 0.25) is 10.0 Å². The summed E-state index contributed by atoms with van der Waals surface area (Å²) in [4.78, 5) is 12.2. The Bertz CT molecular complexity index is 932. The molecule has 9 heteroatoms. The van der Waals surface area contributed by atoms with Gasteiger partial charge in [-0.1, -0.05) is 37.0 Å². The van der Waals surface area contributed by atoms with Crippen LogP contribution in [0.5, 0.6) is 0 Å². The van der Waals surface area contributed by atoms with Crippen molar-refractivity contribution in [1.29, 1.82) is 0 Å². The van der Waals surface area contributed by atoms with Gasteiger partial charge in [-0.3, -0.25) is 4.79 Å². The Kier molecular flexibility index (Phi) is 6.63. The zero-order valence-electron chi connectivity index (χ0n) is 14.1. The van der Waals surface area contributed by atoms with E-state index in [9.17, 15) is 17.6 Å². The highest BCUT2D eigenvalue weighted by atomic mass is 35.5. The van der Waals surface area contributed by atoms with Crippen LogP contribution in [0, 0.1) is 5.82 Å². The lowest BCUT2D eigenvalue weighted by molar-refractivity contribution is 0.102. The van der Waals surface area contributed by atoms with Crippen molar-refractivity contribution in [3.05, 3.63) is 57.8 Å². The molecule has 0 spiro atoms. The van der Waals surface area contributed by atoms with Crippen molar-refractivity contribution in [2.75, 3.05) is 18.4 Å². The van der Waals surface area contributed by atoms with Gasteiger partial charge in [0.15, 0.2) is 0 Å². The number of amides is 1. The van der Waals surface area contributed by atoms with Crippen molar-refractivity contribution in [2.24, 2.45) is 0 Å².